The van der Waals surface area contributed by atoms with Gasteiger partial charge in [0.05, 0.1) is 23.0 Å². The van der Waals surface area contributed by atoms with Crippen molar-refractivity contribution in [3.8, 4) is 11.6 Å². The van der Waals surface area contributed by atoms with E-state index >= 15 is 0 Å². The Kier molecular flexibility index (Phi) is 4.17. The second-order valence-electron chi connectivity index (χ2n) is 8.36. The number of furan rings is 1. The highest BCUT2D eigenvalue weighted by Crippen LogP contribution is 2.25. The SMILES string of the molecule is O=c1[nH]c(-c2ccco2)nc2c1CN(Cc1cc3cccc4c3n(c1=O)CCC4)CC2. The number of aryl methyl sites for hydroxylation is 2. The van der Waals surface area contributed by atoms with Crippen LogP contribution in [0.25, 0.3) is 22.5 Å². The van der Waals surface area contributed by atoms with Crippen molar-refractivity contribution in [2.24, 2.45) is 0 Å². The molecule has 6 rings (SSSR count). The van der Waals surface area contributed by atoms with Crippen LogP contribution in [0.3, 0.4) is 0 Å². The van der Waals surface area contributed by atoms with Crippen LogP contribution in [0, 0.1) is 0 Å². The fraction of sp³-hybridized carbons (Fsp3) is 0.292. The lowest BCUT2D eigenvalue weighted by atomic mass is 9.99. The molecule has 0 atom stereocenters. The molecule has 0 spiro atoms. The summed E-state index contributed by atoms with van der Waals surface area (Å²) >= 11 is 0. The summed E-state index contributed by atoms with van der Waals surface area (Å²) in [7, 11) is 0. The van der Waals surface area contributed by atoms with E-state index in [1.54, 1.807) is 18.4 Å². The topological polar surface area (TPSA) is 84.1 Å². The lowest BCUT2D eigenvalue weighted by Crippen LogP contribution is -2.37. The fourth-order valence-electron chi connectivity index (χ4n) is 4.92. The second-order valence-corrected chi connectivity index (χ2v) is 8.36. The molecule has 0 saturated carbocycles. The third-order valence-corrected chi connectivity index (χ3v) is 6.39. The second kappa shape index (κ2) is 7.06. The van der Waals surface area contributed by atoms with Gasteiger partial charge in [-0.15, -0.1) is 0 Å². The first-order valence-corrected chi connectivity index (χ1v) is 10.7. The Morgan fingerprint density at radius 3 is 2.90 bits per heavy atom. The molecule has 31 heavy (non-hydrogen) atoms. The van der Waals surface area contributed by atoms with Crippen LogP contribution < -0.4 is 11.1 Å². The van der Waals surface area contributed by atoms with E-state index in [1.165, 1.54) is 5.56 Å². The van der Waals surface area contributed by atoms with E-state index in [9.17, 15) is 9.59 Å². The highest BCUT2D eigenvalue weighted by molar-refractivity contribution is 5.83. The maximum atomic E-state index is 13.2. The number of aromatic nitrogens is 3. The van der Waals surface area contributed by atoms with Gasteiger partial charge >= 0.3 is 0 Å². The van der Waals surface area contributed by atoms with E-state index < -0.39 is 0 Å². The van der Waals surface area contributed by atoms with Crippen molar-refractivity contribution in [3.63, 3.8) is 0 Å². The maximum Gasteiger partial charge on any atom is 0.256 e. The zero-order chi connectivity index (χ0) is 20.9. The molecule has 0 amide bonds. The van der Waals surface area contributed by atoms with Crippen molar-refractivity contribution < 1.29 is 4.42 Å². The Labute approximate surface area is 178 Å². The smallest absolute Gasteiger partial charge is 0.256 e. The van der Waals surface area contributed by atoms with Crippen molar-refractivity contribution in [2.45, 2.75) is 38.9 Å². The monoisotopic (exact) mass is 414 g/mol. The Morgan fingerprint density at radius 1 is 1.10 bits per heavy atom. The first kappa shape index (κ1) is 18.3. The minimum Gasteiger partial charge on any atom is -0.461 e. The lowest BCUT2D eigenvalue weighted by molar-refractivity contribution is 0.240. The molecule has 0 saturated heterocycles. The summed E-state index contributed by atoms with van der Waals surface area (Å²) < 4.78 is 7.30. The number of para-hydroxylation sites is 1. The number of fused-ring (bicyclic) bond motifs is 1. The molecule has 0 unspecified atom stereocenters. The molecule has 5 heterocycles. The molecule has 7 heteroatoms. The third kappa shape index (κ3) is 3.04. The van der Waals surface area contributed by atoms with Gasteiger partial charge in [0.25, 0.3) is 11.1 Å². The number of pyridine rings is 1. The zero-order valence-electron chi connectivity index (χ0n) is 17.1. The van der Waals surface area contributed by atoms with Crippen molar-refractivity contribution in [1.29, 1.82) is 0 Å². The third-order valence-electron chi connectivity index (χ3n) is 6.39. The summed E-state index contributed by atoms with van der Waals surface area (Å²) in [6.45, 7) is 2.52. The van der Waals surface area contributed by atoms with Crippen LogP contribution in [0.15, 0.2) is 56.7 Å². The number of hydrogen-bond acceptors (Lipinski definition) is 5. The normalized spacial score (nSPS) is 15.9. The standard InChI is InChI=1S/C24H22N4O3/c29-23-18-14-27(10-8-19(18)25-22(26-23)20-7-3-11-31-20)13-17-12-16-5-1-4-15-6-2-9-28(21(15)16)24(17)30/h1,3-5,7,11-12H,2,6,8-10,13-14H2,(H,25,26,29). The predicted molar refractivity (Wildman–Crippen MR) is 117 cm³/mol. The predicted octanol–water partition coefficient (Wildman–Crippen LogP) is 2.85. The Hall–Kier alpha value is -3.45. The molecule has 2 aliphatic heterocycles. The fourth-order valence-corrected chi connectivity index (χ4v) is 4.92. The van der Waals surface area contributed by atoms with Crippen molar-refractivity contribution in [2.75, 3.05) is 6.54 Å². The number of H-pyrrole nitrogens is 1. The van der Waals surface area contributed by atoms with Gasteiger partial charge in [0.2, 0.25) is 0 Å². The van der Waals surface area contributed by atoms with Crippen LogP contribution in [0.4, 0.5) is 0 Å². The van der Waals surface area contributed by atoms with Gasteiger partial charge in [0, 0.05) is 38.2 Å². The average Bonchev–Trinajstić information content (AvgIpc) is 3.33. The van der Waals surface area contributed by atoms with Gasteiger partial charge in [0.1, 0.15) is 0 Å². The molecule has 3 aromatic heterocycles. The molecule has 0 radical (unpaired) electrons. The van der Waals surface area contributed by atoms with Crippen molar-refractivity contribution in [1.82, 2.24) is 19.4 Å². The summed E-state index contributed by atoms with van der Waals surface area (Å²) in [5.41, 5.74) is 4.54. The zero-order valence-corrected chi connectivity index (χ0v) is 17.1. The van der Waals surface area contributed by atoms with E-state index in [-0.39, 0.29) is 11.1 Å². The molecule has 156 valence electrons. The molecule has 7 nitrogen and oxygen atoms in total. The molecule has 1 aromatic carbocycles. The molecule has 0 fully saturated rings. The van der Waals surface area contributed by atoms with E-state index in [0.29, 0.717) is 36.7 Å². The van der Waals surface area contributed by atoms with Crippen molar-refractivity contribution in [3.05, 3.63) is 85.8 Å². The van der Waals surface area contributed by atoms with Crippen molar-refractivity contribution >= 4 is 10.9 Å². The number of rotatable bonds is 3. The lowest BCUT2D eigenvalue weighted by Gasteiger charge is -2.28. The number of hydrogen-bond donors (Lipinski definition) is 1. The number of aromatic amines is 1. The van der Waals surface area contributed by atoms with E-state index in [2.05, 4.69) is 33.1 Å². The van der Waals surface area contributed by atoms with Gasteiger partial charge < -0.3 is 14.0 Å². The Morgan fingerprint density at radius 2 is 2.03 bits per heavy atom. The summed E-state index contributed by atoms with van der Waals surface area (Å²) in [6, 6.07) is 11.9. The minimum atomic E-state index is -0.143. The Balaban J connectivity index is 1.33. The quantitative estimate of drug-likeness (QED) is 0.557. The molecule has 4 aromatic rings. The summed E-state index contributed by atoms with van der Waals surface area (Å²) in [5, 5.41) is 1.12. The molecule has 1 N–H and O–H groups in total. The number of benzene rings is 1. The van der Waals surface area contributed by atoms with Crippen LogP contribution >= 0.6 is 0 Å². The van der Waals surface area contributed by atoms with E-state index in [0.717, 1.165) is 48.1 Å². The average molecular weight is 414 g/mol. The Bertz CT molecular complexity index is 1420. The highest BCUT2D eigenvalue weighted by atomic mass is 16.3. The minimum absolute atomic E-state index is 0.0886. The first-order chi connectivity index (χ1) is 15.2. The van der Waals surface area contributed by atoms with Crippen LogP contribution in [0.5, 0.6) is 0 Å². The summed E-state index contributed by atoms with van der Waals surface area (Å²) in [6.07, 6.45) is 4.24. The molecular formula is C24H22N4O3. The van der Waals surface area contributed by atoms with Gasteiger partial charge in [-0.25, -0.2) is 4.98 Å². The highest BCUT2D eigenvalue weighted by Gasteiger charge is 2.24. The van der Waals surface area contributed by atoms with Crippen LogP contribution in [0.2, 0.25) is 0 Å². The first-order valence-electron chi connectivity index (χ1n) is 10.7. The van der Waals surface area contributed by atoms with E-state index in [4.69, 9.17) is 4.42 Å². The maximum absolute atomic E-state index is 13.2. The molecule has 2 aliphatic rings. The van der Waals surface area contributed by atoms with Gasteiger partial charge in [-0.2, -0.15) is 0 Å². The van der Waals surface area contributed by atoms with Gasteiger partial charge in [-0.1, -0.05) is 18.2 Å². The largest absolute Gasteiger partial charge is 0.461 e. The number of nitrogens with one attached hydrogen (secondary N) is 1. The summed E-state index contributed by atoms with van der Waals surface area (Å²) in [4.78, 5) is 35.6. The van der Waals surface area contributed by atoms with E-state index in [1.807, 2.05) is 10.6 Å². The summed E-state index contributed by atoms with van der Waals surface area (Å²) in [5.74, 6) is 1.02. The van der Waals surface area contributed by atoms with Crippen LogP contribution in [-0.2, 0) is 32.5 Å². The van der Waals surface area contributed by atoms with Crippen LogP contribution in [0.1, 0.15) is 28.8 Å². The molecule has 0 bridgehead atoms. The van der Waals surface area contributed by atoms with Crippen LogP contribution in [-0.4, -0.2) is 26.0 Å². The van der Waals surface area contributed by atoms with Gasteiger partial charge in [-0.05, 0) is 42.0 Å². The van der Waals surface area contributed by atoms with Gasteiger partial charge in [0.15, 0.2) is 11.6 Å². The molecular weight excluding hydrogens is 392 g/mol. The number of nitrogens with zero attached hydrogens (tertiary/aromatic N) is 3. The van der Waals surface area contributed by atoms with Gasteiger partial charge in [-0.3, -0.25) is 14.5 Å². The molecule has 0 aliphatic carbocycles.